The van der Waals surface area contributed by atoms with Crippen molar-refractivity contribution in [2.75, 3.05) is 7.05 Å². The van der Waals surface area contributed by atoms with Crippen LogP contribution in [0.15, 0.2) is 17.0 Å². The van der Waals surface area contributed by atoms with E-state index >= 15 is 0 Å². The van der Waals surface area contributed by atoms with E-state index in [1.165, 1.54) is 0 Å². The highest BCUT2D eigenvalue weighted by atomic mass is 15.4. The minimum Gasteiger partial charge on any atom is -0.401 e. The summed E-state index contributed by atoms with van der Waals surface area (Å²) in [5, 5.41) is 5.63. The standard InChI is InChI=1S/C5H9N3/c1-8-4-5(6)2-3-7-8/h3-4H,2,6H2,1H3. The van der Waals surface area contributed by atoms with Crippen LogP contribution in [0.4, 0.5) is 0 Å². The van der Waals surface area contributed by atoms with Crippen molar-refractivity contribution in [1.29, 1.82) is 0 Å². The van der Waals surface area contributed by atoms with Crippen LogP contribution in [0.2, 0.25) is 0 Å². The number of hydrogen-bond acceptors (Lipinski definition) is 3. The molecule has 0 aliphatic carbocycles. The predicted molar refractivity (Wildman–Crippen MR) is 33.1 cm³/mol. The first-order valence-electron chi connectivity index (χ1n) is 2.50. The summed E-state index contributed by atoms with van der Waals surface area (Å²) in [5.74, 6) is 0. The molecule has 0 unspecified atom stereocenters. The van der Waals surface area contributed by atoms with Gasteiger partial charge in [0.2, 0.25) is 0 Å². The summed E-state index contributed by atoms with van der Waals surface area (Å²) in [6, 6.07) is 0. The van der Waals surface area contributed by atoms with Crippen molar-refractivity contribution in [3.8, 4) is 0 Å². The van der Waals surface area contributed by atoms with Crippen molar-refractivity contribution < 1.29 is 0 Å². The Morgan fingerprint density at radius 2 is 2.62 bits per heavy atom. The fourth-order valence-electron chi connectivity index (χ4n) is 0.601. The highest BCUT2D eigenvalue weighted by molar-refractivity contribution is 5.61. The Kier molecular flexibility index (Phi) is 1.20. The van der Waals surface area contributed by atoms with Crippen LogP contribution in [0.5, 0.6) is 0 Å². The van der Waals surface area contributed by atoms with Gasteiger partial charge >= 0.3 is 0 Å². The van der Waals surface area contributed by atoms with E-state index in [0.717, 1.165) is 12.1 Å². The first-order valence-corrected chi connectivity index (χ1v) is 2.50. The molecule has 0 radical (unpaired) electrons. The molecule has 1 aliphatic heterocycles. The van der Waals surface area contributed by atoms with Crippen LogP contribution in [0.3, 0.4) is 0 Å². The van der Waals surface area contributed by atoms with Gasteiger partial charge in [-0.3, -0.25) is 5.01 Å². The number of nitrogens with zero attached hydrogens (tertiary/aromatic N) is 2. The van der Waals surface area contributed by atoms with Crippen molar-refractivity contribution in [3.63, 3.8) is 0 Å². The molecule has 1 rings (SSSR count). The lowest BCUT2D eigenvalue weighted by Crippen LogP contribution is -2.12. The normalized spacial score (nSPS) is 18.6. The van der Waals surface area contributed by atoms with Crippen molar-refractivity contribution in [3.05, 3.63) is 11.9 Å². The minimum absolute atomic E-state index is 0.782. The number of hydrazone groups is 1. The first-order chi connectivity index (χ1) is 3.79. The predicted octanol–water partition coefficient (Wildman–Crippen LogP) is 0.108. The zero-order valence-corrected chi connectivity index (χ0v) is 4.83. The lowest BCUT2D eigenvalue weighted by Gasteiger charge is -2.11. The Morgan fingerprint density at radius 1 is 1.88 bits per heavy atom. The fourth-order valence-corrected chi connectivity index (χ4v) is 0.601. The maximum atomic E-state index is 5.45. The molecule has 1 heterocycles. The fraction of sp³-hybridized carbons (Fsp3) is 0.400. The molecule has 0 aromatic heterocycles. The zero-order chi connectivity index (χ0) is 5.98. The third-order valence-corrected chi connectivity index (χ3v) is 0.943. The van der Waals surface area contributed by atoms with Crippen molar-refractivity contribution in [1.82, 2.24) is 5.01 Å². The Balaban J connectivity index is 2.60. The van der Waals surface area contributed by atoms with Crippen molar-refractivity contribution >= 4 is 6.21 Å². The van der Waals surface area contributed by atoms with Gasteiger partial charge < -0.3 is 5.73 Å². The van der Waals surface area contributed by atoms with E-state index in [1.54, 1.807) is 17.4 Å². The van der Waals surface area contributed by atoms with Gasteiger partial charge in [-0.1, -0.05) is 0 Å². The van der Waals surface area contributed by atoms with Gasteiger partial charge in [-0.25, -0.2) is 0 Å². The molecule has 0 amide bonds. The van der Waals surface area contributed by atoms with E-state index < -0.39 is 0 Å². The number of nitrogens with two attached hydrogens (primary N) is 1. The van der Waals surface area contributed by atoms with Gasteiger partial charge in [-0.15, -0.1) is 0 Å². The Morgan fingerprint density at radius 3 is 3.00 bits per heavy atom. The van der Waals surface area contributed by atoms with Crippen LogP contribution >= 0.6 is 0 Å². The Labute approximate surface area is 48.5 Å². The second-order valence-corrected chi connectivity index (χ2v) is 1.78. The summed E-state index contributed by atoms with van der Waals surface area (Å²) in [7, 11) is 1.85. The largest absolute Gasteiger partial charge is 0.401 e. The van der Waals surface area contributed by atoms with Crippen molar-refractivity contribution in [2.24, 2.45) is 10.8 Å². The van der Waals surface area contributed by atoms with Crippen LogP contribution < -0.4 is 5.73 Å². The number of allylic oxidation sites excluding steroid dienone is 1. The summed E-state index contributed by atoms with van der Waals surface area (Å²) in [6.45, 7) is 0. The van der Waals surface area contributed by atoms with E-state index in [4.69, 9.17) is 5.73 Å². The maximum absolute atomic E-state index is 5.45. The van der Waals surface area contributed by atoms with Crippen LogP contribution in [0, 0.1) is 0 Å². The molecule has 44 valence electrons. The summed E-state index contributed by atoms with van der Waals surface area (Å²) >= 11 is 0. The average molecular weight is 111 g/mol. The molecule has 3 nitrogen and oxygen atoms in total. The molecular weight excluding hydrogens is 102 g/mol. The van der Waals surface area contributed by atoms with Gasteiger partial charge in [0.1, 0.15) is 0 Å². The molecule has 0 bridgehead atoms. The molecular formula is C5H9N3. The Hall–Kier alpha value is -0.990. The second-order valence-electron chi connectivity index (χ2n) is 1.78. The maximum Gasteiger partial charge on any atom is 0.0420 e. The van der Waals surface area contributed by atoms with Crippen LogP contribution in [-0.2, 0) is 0 Å². The summed E-state index contributed by atoms with van der Waals surface area (Å²) in [6.07, 6.45) is 4.37. The molecule has 0 atom stereocenters. The average Bonchev–Trinajstić information content (AvgIpc) is 1.64. The van der Waals surface area contributed by atoms with Gasteiger partial charge in [0.05, 0.1) is 0 Å². The van der Waals surface area contributed by atoms with Crippen LogP contribution in [-0.4, -0.2) is 18.3 Å². The van der Waals surface area contributed by atoms with E-state index in [2.05, 4.69) is 5.10 Å². The third-order valence-electron chi connectivity index (χ3n) is 0.943. The topological polar surface area (TPSA) is 41.6 Å². The quantitative estimate of drug-likeness (QED) is 0.482. The smallest absolute Gasteiger partial charge is 0.0420 e. The third kappa shape index (κ3) is 0.992. The number of hydrogen-bond donors (Lipinski definition) is 1. The first kappa shape index (κ1) is 5.15. The van der Waals surface area contributed by atoms with Crippen LogP contribution in [0.1, 0.15) is 6.42 Å². The van der Waals surface area contributed by atoms with E-state index in [1.807, 2.05) is 7.05 Å². The summed E-state index contributed by atoms with van der Waals surface area (Å²) in [4.78, 5) is 0. The minimum atomic E-state index is 0.782. The summed E-state index contributed by atoms with van der Waals surface area (Å²) < 4.78 is 0. The highest BCUT2D eigenvalue weighted by Crippen LogP contribution is 1.98. The number of rotatable bonds is 0. The molecule has 0 aromatic rings. The molecule has 0 fully saturated rings. The SMILES string of the molecule is CN1C=C(N)CC=N1. The highest BCUT2D eigenvalue weighted by Gasteiger charge is 1.94. The van der Waals surface area contributed by atoms with Gasteiger partial charge in [0.25, 0.3) is 0 Å². The van der Waals surface area contributed by atoms with E-state index in [-0.39, 0.29) is 0 Å². The molecule has 8 heavy (non-hydrogen) atoms. The van der Waals surface area contributed by atoms with Crippen molar-refractivity contribution in [2.45, 2.75) is 6.42 Å². The van der Waals surface area contributed by atoms with Gasteiger partial charge in [0, 0.05) is 31.6 Å². The van der Waals surface area contributed by atoms with E-state index in [0.29, 0.717) is 0 Å². The molecule has 0 saturated carbocycles. The zero-order valence-electron chi connectivity index (χ0n) is 4.83. The van der Waals surface area contributed by atoms with Gasteiger partial charge in [-0.05, 0) is 0 Å². The molecule has 1 aliphatic rings. The molecule has 0 aromatic carbocycles. The van der Waals surface area contributed by atoms with Gasteiger partial charge in [0.15, 0.2) is 0 Å². The van der Waals surface area contributed by atoms with Gasteiger partial charge in [-0.2, -0.15) is 5.10 Å². The van der Waals surface area contributed by atoms with E-state index in [9.17, 15) is 0 Å². The molecule has 0 spiro atoms. The second kappa shape index (κ2) is 1.86. The molecule has 2 N–H and O–H groups in total. The molecule has 0 saturated heterocycles. The monoisotopic (exact) mass is 111 g/mol. The lowest BCUT2D eigenvalue weighted by molar-refractivity contribution is 0.479. The Bertz CT molecular complexity index is 137. The van der Waals surface area contributed by atoms with Crippen LogP contribution in [0.25, 0.3) is 0 Å². The molecule has 3 heteroatoms. The lowest BCUT2D eigenvalue weighted by atomic mass is 10.3. The summed E-state index contributed by atoms with van der Waals surface area (Å²) in [5.41, 5.74) is 6.32.